The third kappa shape index (κ3) is 4.85. The van der Waals surface area contributed by atoms with Crippen molar-refractivity contribution in [3.8, 4) is 22.5 Å². The molecule has 2 heterocycles. The molecule has 0 aliphatic rings. The zero-order valence-corrected chi connectivity index (χ0v) is 18.5. The van der Waals surface area contributed by atoms with Gasteiger partial charge in [-0.1, -0.05) is 37.0 Å². The van der Waals surface area contributed by atoms with E-state index < -0.39 is 5.97 Å². The zero-order chi connectivity index (χ0) is 22.5. The number of aromatic carboxylic acids is 1. The van der Waals surface area contributed by atoms with Gasteiger partial charge >= 0.3 is 5.97 Å². The summed E-state index contributed by atoms with van der Waals surface area (Å²) in [6.07, 6.45) is 0.778. The largest absolute Gasteiger partial charge is 0.478 e. The Morgan fingerprint density at radius 1 is 1.03 bits per heavy atom. The van der Waals surface area contributed by atoms with Crippen molar-refractivity contribution in [2.24, 2.45) is 0 Å². The molecule has 2 aromatic heterocycles. The molecule has 4 aromatic rings. The van der Waals surface area contributed by atoms with E-state index in [9.17, 15) is 4.79 Å². The second-order valence-corrected chi connectivity index (χ2v) is 8.05. The second-order valence-electron chi connectivity index (χ2n) is 7.14. The van der Waals surface area contributed by atoms with Crippen molar-refractivity contribution >= 4 is 28.8 Å². The number of thiophene rings is 1. The summed E-state index contributed by atoms with van der Waals surface area (Å²) < 4.78 is 0. The summed E-state index contributed by atoms with van der Waals surface area (Å²) in [5.41, 5.74) is 4.85. The molecule has 0 amide bonds. The number of hydrogen-bond donors (Lipinski definition) is 2. The summed E-state index contributed by atoms with van der Waals surface area (Å²) in [7, 11) is 0. The minimum absolute atomic E-state index is 0.244. The van der Waals surface area contributed by atoms with E-state index in [2.05, 4.69) is 24.1 Å². The fourth-order valence-corrected chi connectivity index (χ4v) is 4.02. The van der Waals surface area contributed by atoms with Crippen LogP contribution in [-0.2, 0) is 6.42 Å². The fraction of sp³-hybridized carbons (Fsp3) is 0.115. The lowest BCUT2D eigenvalue weighted by Gasteiger charge is -2.13. The van der Waals surface area contributed by atoms with Crippen molar-refractivity contribution in [1.29, 1.82) is 0 Å². The highest BCUT2D eigenvalue weighted by Crippen LogP contribution is 2.29. The fourth-order valence-electron chi connectivity index (χ4n) is 3.25. The lowest BCUT2D eigenvalue weighted by Crippen LogP contribution is -2.05. The Kier molecular flexibility index (Phi) is 6.29. The Balaban J connectivity index is 1.63. The molecule has 0 saturated heterocycles. The van der Waals surface area contributed by atoms with E-state index >= 15 is 0 Å². The third-order valence-corrected chi connectivity index (χ3v) is 5.83. The monoisotopic (exact) mass is 439 g/mol. The third-order valence-electron chi connectivity index (χ3n) is 4.91. The smallest absolute Gasteiger partial charge is 0.335 e. The summed E-state index contributed by atoms with van der Waals surface area (Å²) in [6.45, 7) is 4.04. The average molecular weight is 440 g/mol. The van der Waals surface area contributed by atoms with E-state index in [-0.39, 0.29) is 5.56 Å². The molecule has 0 atom stereocenters. The van der Waals surface area contributed by atoms with Crippen molar-refractivity contribution in [2.45, 2.75) is 20.3 Å². The quantitative estimate of drug-likeness (QED) is 0.378. The molecule has 0 saturated carbocycles. The first-order chi connectivity index (χ1) is 15.5. The maximum atomic E-state index is 11.1. The highest BCUT2D eigenvalue weighted by molar-refractivity contribution is 7.13. The van der Waals surface area contributed by atoms with Gasteiger partial charge in [0.15, 0.2) is 5.82 Å². The van der Waals surface area contributed by atoms with Crippen LogP contribution in [-0.4, -0.2) is 21.0 Å². The number of hydrogen-bond acceptors (Lipinski definition) is 5. The Hall–Kier alpha value is -3.95. The van der Waals surface area contributed by atoms with E-state index in [1.54, 1.807) is 35.6 Å². The van der Waals surface area contributed by atoms with Crippen molar-refractivity contribution in [3.63, 3.8) is 0 Å². The van der Waals surface area contributed by atoms with Crippen LogP contribution in [0.4, 0.5) is 11.5 Å². The first-order valence-corrected chi connectivity index (χ1v) is 11.1. The van der Waals surface area contributed by atoms with Crippen LogP contribution in [0.3, 0.4) is 0 Å². The lowest BCUT2D eigenvalue weighted by molar-refractivity contribution is 0.0697. The van der Waals surface area contributed by atoms with Crippen LogP contribution >= 0.6 is 11.3 Å². The van der Waals surface area contributed by atoms with Crippen molar-refractivity contribution in [3.05, 3.63) is 94.0 Å². The highest BCUT2D eigenvalue weighted by atomic mass is 32.1. The molecule has 32 heavy (non-hydrogen) atoms. The van der Waals surface area contributed by atoms with E-state index in [0.717, 1.165) is 45.2 Å². The second kappa shape index (κ2) is 9.46. The summed E-state index contributed by atoms with van der Waals surface area (Å²) in [5.74, 6) is 6.79. The summed E-state index contributed by atoms with van der Waals surface area (Å²) in [5, 5.41) is 14.4. The van der Waals surface area contributed by atoms with Gasteiger partial charge in [-0.2, -0.15) is 0 Å². The number of carbonyl (C=O) groups is 1. The van der Waals surface area contributed by atoms with Crippen LogP contribution in [0.2, 0.25) is 0 Å². The van der Waals surface area contributed by atoms with Gasteiger partial charge in [0, 0.05) is 33.5 Å². The Bertz CT molecular complexity index is 1320. The molecule has 0 radical (unpaired) electrons. The van der Waals surface area contributed by atoms with Crippen LogP contribution in [0.25, 0.3) is 10.7 Å². The van der Waals surface area contributed by atoms with Gasteiger partial charge in [-0.25, -0.2) is 14.8 Å². The number of carboxylic acid groups (broad SMARTS) is 1. The van der Waals surface area contributed by atoms with Crippen molar-refractivity contribution in [1.82, 2.24) is 9.97 Å². The van der Waals surface area contributed by atoms with Gasteiger partial charge in [-0.3, -0.25) is 0 Å². The Labute approximate surface area is 190 Å². The van der Waals surface area contributed by atoms with E-state index in [1.165, 1.54) is 0 Å². The van der Waals surface area contributed by atoms with Gasteiger partial charge in [0.2, 0.25) is 0 Å². The summed E-state index contributed by atoms with van der Waals surface area (Å²) in [6, 6.07) is 18.5. The molecule has 0 fully saturated rings. The number of aryl methyl sites for hydroxylation is 1. The molecule has 5 nitrogen and oxygen atoms in total. The minimum atomic E-state index is -0.949. The van der Waals surface area contributed by atoms with E-state index in [1.807, 2.05) is 48.7 Å². The normalized spacial score (nSPS) is 10.3. The first-order valence-electron chi connectivity index (χ1n) is 10.2. The van der Waals surface area contributed by atoms with Gasteiger partial charge < -0.3 is 10.4 Å². The summed E-state index contributed by atoms with van der Waals surface area (Å²) >= 11 is 1.56. The van der Waals surface area contributed by atoms with Gasteiger partial charge in [-0.05, 0) is 55.8 Å². The van der Waals surface area contributed by atoms with Gasteiger partial charge in [0.05, 0.1) is 10.4 Å². The standard InChI is InChI=1S/C26H21N3O2S/c1-3-22-17(2)27-25(29-24(22)28-21-13-11-20(12-14-21)26(30)31)23-15-19(16-32-23)10-9-18-7-5-4-6-8-18/h4-8,11-16H,3H2,1-2H3,(H,30,31)(H,27,28,29). The highest BCUT2D eigenvalue weighted by Gasteiger charge is 2.14. The summed E-state index contributed by atoms with van der Waals surface area (Å²) in [4.78, 5) is 21.5. The minimum Gasteiger partial charge on any atom is -0.478 e. The number of nitrogens with one attached hydrogen (secondary N) is 1. The van der Waals surface area contributed by atoms with E-state index in [0.29, 0.717) is 5.82 Å². The maximum Gasteiger partial charge on any atom is 0.335 e. The maximum absolute atomic E-state index is 11.1. The van der Waals surface area contributed by atoms with Crippen molar-refractivity contribution in [2.75, 3.05) is 5.32 Å². The molecule has 0 aliphatic heterocycles. The van der Waals surface area contributed by atoms with Gasteiger partial charge in [0.1, 0.15) is 5.82 Å². The average Bonchev–Trinajstić information content (AvgIpc) is 3.28. The molecule has 2 N–H and O–H groups in total. The lowest BCUT2D eigenvalue weighted by atomic mass is 10.1. The van der Waals surface area contributed by atoms with Gasteiger partial charge in [-0.15, -0.1) is 11.3 Å². The predicted molar refractivity (Wildman–Crippen MR) is 129 cm³/mol. The molecule has 4 rings (SSSR count). The number of rotatable bonds is 5. The number of aromatic nitrogens is 2. The predicted octanol–water partition coefficient (Wildman–Crippen LogP) is 5.92. The molecule has 0 unspecified atom stereocenters. The Morgan fingerprint density at radius 3 is 2.44 bits per heavy atom. The molecular formula is C26H21N3O2S. The first kappa shape index (κ1) is 21.3. The molecule has 0 aliphatic carbocycles. The van der Waals surface area contributed by atoms with E-state index in [4.69, 9.17) is 15.1 Å². The van der Waals surface area contributed by atoms with Crippen LogP contribution in [0.1, 0.15) is 39.7 Å². The molecule has 0 spiro atoms. The number of carboxylic acids is 1. The molecule has 6 heteroatoms. The SMILES string of the molecule is CCc1c(C)nc(-c2cc(C#Cc3ccccc3)cs2)nc1Nc1ccc(C(=O)O)cc1. The number of nitrogens with zero attached hydrogens (tertiary/aromatic N) is 2. The van der Waals surface area contributed by atoms with Crippen LogP contribution in [0.15, 0.2) is 66.0 Å². The topological polar surface area (TPSA) is 75.1 Å². The van der Waals surface area contributed by atoms with Gasteiger partial charge in [0.25, 0.3) is 0 Å². The molecule has 158 valence electrons. The van der Waals surface area contributed by atoms with Crippen molar-refractivity contribution < 1.29 is 9.90 Å². The molecule has 2 aromatic carbocycles. The number of benzene rings is 2. The number of anilines is 2. The molecular weight excluding hydrogens is 418 g/mol. The van der Waals surface area contributed by atoms with Crippen LogP contribution in [0.5, 0.6) is 0 Å². The zero-order valence-electron chi connectivity index (χ0n) is 17.7. The molecule has 0 bridgehead atoms. The van der Waals surface area contributed by atoms with Crippen LogP contribution in [0, 0.1) is 18.8 Å². The Morgan fingerprint density at radius 2 is 1.75 bits per heavy atom. The van der Waals surface area contributed by atoms with Crippen LogP contribution < -0.4 is 5.32 Å².